The molecule has 2 aromatic rings. The first-order valence-corrected chi connectivity index (χ1v) is 6.73. The van der Waals surface area contributed by atoms with Crippen LogP contribution in [0.4, 0.5) is 0 Å². The van der Waals surface area contributed by atoms with Crippen LogP contribution in [0, 0.1) is 5.92 Å². The normalized spacial score (nSPS) is 12.9. The van der Waals surface area contributed by atoms with Crippen LogP contribution in [0.5, 0.6) is 0 Å². The van der Waals surface area contributed by atoms with Crippen molar-refractivity contribution in [2.75, 3.05) is 0 Å². The number of rotatable bonds is 4. The summed E-state index contributed by atoms with van der Waals surface area (Å²) in [7, 11) is 0. The van der Waals surface area contributed by atoms with Gasteiger partial charge in [0.2, 0.25) is 0 Å². The number of ketones is 1. The Hall–Kier alpha value is -1.09. The van der Waals surface area contributed by atoms with E-state index in [1.165, 1.54) is 0 Å². The predicted octanol–water partition coefficient (Wildman–Crippen LogP) is 4.55. The summed E-state index contributed by atoms with van der Waals surface area (Å²) >= 11 is 3.44. The second kappa shape index (κ2) is 5.05. The number of carbonyl (C=O) groups is 1. The molecule has 0 saturated heterocycles. The fraction of sp³-hybridized carbons (Fsp3) is 0.357. The van der Waals surface area contributed by atoms with Crippen LogP contribution >= 0.6 is 15.9 Å². The number of hydrogen-bond acceptors (Lipinski definition) is 1. The second-order valence-electron chi connectivity index (χ2n) is 4.45. The zero-order valence-electron chi connectivity index (χ0n) is 10.1. The molecular weight excluding hydrogens is 278 g/mol. The minimum atomic E-state index is 0.0954. The predicted molar refractivity (Wildman–Crippen MR) is 74.4 cm³/mol. The first-order chi connectivity index (χ1) is 8.13. The van der Waals surface area contributed by atoms with E-state index in [-0.39, 0.29) is 11.7 Å². The van der Waals surface area contributed by atoms with Crippen molar-refractivity contribution in [1.82, 2.24) is 4.98 Å². The number of carbonyl (C=O) groups excluding carboxylic acids is 1. The van der Waals surface area contributed by atoms with Crippen molar-refractivity contribution in [3.05, 3.63) is 34.4 Å². The SMILES string of the molecule is CCCC(C)C(=O)c1c[nH]c2ccc(Br)cc12. The fourth-order valence-corrected chi connectivity index (χ4v) is 2.49. The molecule has 0 amide bonds. The lowest BCUT2D eigenvalue weighted by atomic mass is 9.95. The number of halogens is 1. The lowest BCUT2D eigenvalue weighted by Gasteiger charge is -2.07. The monoisotopic (exact) mass is 293 g/mol. The van der Waals surface area contributed by atoms with Crippen molar-refractivity contribution in [3.63, 3.8) is 0 Å². The molecule has 0 aliphatic rings. The highest BCUT2D eigenvalue weighted by Gasteiger charge is 2.17. The van der Waals surface area contributed by atoms with Crippen LogP contribution in [-0.2, 0) is 0 Å². The summed E-state index contributed by atoms with van der Waals surface area (Å²) in [5.74, 6) is 0.328. The van der Waals surface area contributed by atoms with Crippen molar-refractivity contribution in [3.8, 4) is 0 Å². The first kappa shape index (κ1) is 12.4. The third-order valence-electron chi connectivity index (χ3n) is 3.08. The molecule has 0 fully saturated rings. The Bertz CT molecular complexity index is 544. The van der Waals surface area contributed by atoms with Crippen molar-refractivity contribution in [1.29, 1.82) is 0 Å². The summed E-state index contributed by atoms with van der Waals surface area (Å²) in [6.07, 6.45) is 3.81. The standard InChI is InChI=1S/C14H16BrNO/c1-3-4-9(2)14(17)12-8-16-13-6-5-10(15)7-11(12)13/h5-9,16H,3-4H2,1-2H3. The molecule has 1 heterocycles. The maximum atomic E-state index is 12.3. The smallest absolute Gasteiger partial charge is 0.167 e. The highest BCUT2D eigenvalue weighted by atomic mass is 79.9. The molecule has 17 heavy (non-hydrogen) atoms. The van der Waals surface area contributed by atoms with Crippen LogP contribution in [0.1, 0.15) is 37.0 Å². The topological polar surface area (TPSA) is 32.9 Å². The van der Waals surface area contributed by atoms with Crippen LogP contribution in [0.15, 0.2) is 28.9 Å². The van der Waals surface area contributed by atoms with E-state index in [1.807, 2.05) is 31.3 Å². The van der Waals surface area contributed by atoms with E-state index in [4.69, 9.17) is 0 Å². The summed E-state index contributed by atoms with van der Waals surface area (Å²) in [4.78, 5) is 15.4. The highest BCUT2D eigenvalue weighted by Crippen LogP contribution is 2.25. The van der Waals surface area contributed by atoms with Crippen molar-refractivity contribution >= 4 is 32.6 Å². The molecule has 3 heteroatoms. The van der Waals surface area contributed by atoms with Gasteiger partial charge in [0, 0.05) is 33.1 Å². The Morgan fingerprint density at radius 1 is 1.47 bits per heavy atom. The number of hydrogen-bond donors (Lipinski definition) is 1. The van der Waals surface area contributed by atoms with Crippen LogP contribution in [0.25, 0.3) is 10.9 Å². The Morgan fingerprint density at radius 3 is 2.94 bits per heavy atom. The van der Waals surface area contributed by atoms with Gasteiger partial charge in [-0.3, -0.25) is 4.79 Å². The molecule has 0 radical (unpaired) electrons. The molecule has 90 valence electrons. The number of Topliss-reactive ketones (excluding diaryl/α,β-unsaturated/α-hetero) is 1. The van der Waals surface area contributed by atoms with Gasteiger partial charge in [-0.25, -0.2) is 0 Å². The van der Waals surface area contributed by atoms with Crippen molar-refractivity contribution in [2.45, 2.75) is 26.7 Å². The number of aromatic nitrogens is 1. The number of H-pyrrole nitrogens is 1. The number of benzene rings is 1. The quantitative estimate of drug-likeness (QED) is 0.824. The van der Waals surface area contributed by atoms with Gasteiger partial charge in [0.15, 0.2) is 5.78 Å². The van der Waals surface area contributed by atoms with Gasteiger partial charge in [0.05, 0.1) is 0 Å². The minimum absolute atomic E-state index is 0.0954. The molecule has 2 rings (SSSR count). The van der Waals surface area contributed by atoms with Gasteiger partial charge in [-0.15, -0.1) is 0 Å². The van der Waals surface area contributed by atoms with E-state index in [0.717, 1.165) is 33.8 Å². The second-order valence-corrected chi connectivity index (χ2v) is 5.36. The number of fused-ring (bicyclic) bond motifs is 1. The van der Waals surface area contributed by atoms with Crippen LogP contribution in [-0.4, -0.2) is 10.8 Å². The molecule has 1 aromatic heterocycles. The van der Waals surface area contributed by atoms with E-state index in [2.05, 4.69) is 27.8 Å². The molecule has 0 aliphatic carbocycles. The van der Waals surface area contributed by atoms with Crippen LogP contribution in [0.2, 0.25) is 0 Å². The molecular formula is C14H16BrNO. The van der Waals surface area contributed by atoms with E-state index < -0.39 is 0 Å². The molecule has 1 aromatic carbocycles. The third-order valence-corrected chi connectivity index (χ3v) is 3.57. The average Bonchev–Trinajstić information content (AvgIpc) is 2.71. The maximum Gasteiger partial charge on any atom is 0.167 e. The van der Waals surface area contributed by atoms with E-state index >= 15 is 0 Å². The lowest BCUT2D eigenvalue weighted by Crippen LogP contribution is -2.10. The highest BCUT2D eigenvalue weighted by molar-refractivity contribution is 9.10. The van der Waals surface area contributed by atoms with Gasteiger partial charge < -0.3 is 4.98 Å². The average molecular weight is 294 g/mol. The molecule has 2 nitrogen and oxygen atoms in total. The number of aromatic amines is 1. The van der Waals surface area contributed by atoms with Gasteiger partial charge in [-0.1, -0.05) is 36.2 Å². The molecule has 0 aliphatic heterocycles. The lowest BCUT2D eigenvalue weighted by molar-refractivity contribution is 0.0925. The van der Waals surface area contributed by atoms with Gasteiger partial charge in [-0.05, 0) is 24.6 Å². The summed E-state index contributed by atoms with van der Waals surface area (Å²) < 4.78 is 1.00. The van der Waals surface area contributed by atoms with Gasteiger partial charge in [0.25, 0.3) is 0 Å². The zero-order chi connectivity index (χ0) is 12.4. The van der Waals surface area contributed by atoms with Gasteiger partial charge >= 0.3 is 0 Å². The van der Waals surface area contributed by atoms with Crippen LogP contribution in [0.3, 0.4) is 0 Å². The third kappa shape index (κ3) is 2.44. The van der Waals surface area contributed by atoms with E-state index in [9.17, 15) is 4.79 Å². The summed E-state index contributed by atoms with van der Waals surface area (Å²) in [5.41, 5.74) is 1.82. The molecule has 1 atom stereocenters. The Morgan fingerprint density at radius 2 is 2.24 bits per heavy atom. The van der Waals surface area contributed by atoms with Gasteiger partial charge in [0.1, 0.15) is 0 Å². The minimum Gasteiger partial charge on any atom is -0.360 e. The van der Waals surface area contributed by atoms with Gasteiger partial charge in [-0.2, -0.15) is 0 Å². The summed E-state index contributed by atoms with van der Waals surface area (Å²) in [6.45, 7) is 4.11. The molecule has 1 N–H and O–H groups in total. The molecule has 0 spiro atoms. The molecule has 0 saturated carbocycles. The Kier molecular flexibility index (Phi) is 3.67. The molecule has 0 bridgehead atoms. The van der Waals surface area contributed by atoms with Crippen LogP contribution < -0.4 is 0 Å². The fourth-order valence-electron chi connectivity index (χ4n) is 2.13. The van der Waals surface area contributed by atoms with Crippen molar-refractivity contribution < 1.29 is 4.79 Å². The Balaban J connectivity index is 2.41. The van der Waals surface area contributed by atoms with E-state index in [1.54, 1.807) is 0 Å². The van der Waals surface area contributed by atoms with E-state index in [0.29, 0.717) is 0 Å². The Labute approximate surface area is 110 Å². The zero-order valence-corrected chi connectivity index (χ0v) is 11.7. The number of nitrogens with one attached hydrogen (secondary N) is 1. The first-order valence-electron chi connectivity index (χ1n) is 5.94. The molecule has 1 unspecified atom stereocenters. The van der Waals surface area contributed by atoms with Crippen molar-refractivity contribution in [2.24, 2.45) is 5.92 Å². The summed E-state index contributed by atoms with van der Waals surface area (Å²) in [5, 5.41) is 1.01. The summed E-state index contributed by atoms with van der Waals surface area (Å²) in [6, 6.07) is 5.96. The largest absolute Gasteiger partial charge is 0.360 e. The maximum absolute atomic E-state index is 12.3.